The molecule has 60 heavy (non-hydrogen) atoms. The average molecular weight is 767 g/mol. The van der Waals surface area contributed by atoms with Gasteiger partial charge in [0.25, 0.3) is 0 Å². The van der Waals surface area contributed by atoms with E-state index in [-0.39, 0.29) is 0 Å². The number of aromatic nitrogens is 1. The van der Waals surface area contributed by atoms with Crippen LogP contribution in [0.5, 0.6) is 0 Å². The number of benzene rings is 10. The minimum absolute atomic E-state index is 0.838. The number of hydrogen-bond acceptors (Lipinski definition) is 3. The lowest BCUT2D eigenvalue weighted by molar-refractivity contribution is 0.667. The molecule has 0 atom stereocenters. The van der Waals surface area contributed by atoms with Crippen LogP contribution in [-0.4, -0.2) is 4.57 Å². The molecule has 0 aliphatic rings. The van der Waals surface area contributed by atoms with Crippen LogP contribution < -0.4 is 4.90 Å². The van der Waals surface area contributed by atoms with Crippen molar-refractivity contribution < 1.29 is 8.83 Å². The third-order valence-corrected chi connectivity index (χ3v) is 12.3. The molecule has 0 aliphatic carbocycles. The monoisotopic (exact) mass is 766 g/mol. The van der Waals surface area contributed by atoms with Crippen LogP contribution in [0.3, 0.4) is 0 Å². The molecule has 13 rings (SSSR count). The summed E-state index contributed by atoms with van der Waals surface area (Å²) in [4.78, 5) is 2.33. The molecule has 0 amide bonds. The van der Waals surface area contributed by atoms with E-state index >= 15 is 0 Å². The molecule has 4 nitrogen and oxygen atoms in total. The molecule has 280 valence electrons. The standard InChI is InChI=1S/C56H34N2O2/c1-2-14-39(15-3-1)58-48-20-10-8-18-44(48)45-29-24-37(32-49(45)58)35-22-26-40(27-23-35)57(41-28-30-47-46-19-9-11-21-51(46)59-53(47)34-41)50-33-38-13-5-7-17-43(38)55-54-42-16-6-4-12-36(42)25-31-52(54)60-56(50)55/h1-34H. The summed E-state index contributed by atoms with van der Waals surface area (Å²) < 4.78 is 15.9. The zero-order valence-electron chi connectivity index (χ0n) is 32.3. The first-order valence-electron chi connectivity index (χ1n) is 20.4. The third kappa shape index (κ3) is 4.85. The van der Waals surface area contributed by atoms with Crippen LogP contribution in [0.15, 0.2) is 215 Å². The second-order valence-electron chi connectivity index (χ2n) is 15.7. The molecular weight excluding hydrogens is 733 g/mol. The molecule has 0 saturated heterocycles. The summed E-state index contributed by atoms with van der Waals surface area (Å²) in [6.07, 6.45) is 0. The normalized spacial score (nSPS) is 12.0. The smallest absolute Gasteiger partial charge is 0.160 e. The fourth-order valence-electron chi connectivity index (χ4n) is 9.63. The third-order valence-electron chi connectivity index (χ3n) is 12.3. The van der Waals surface area contributed by atoms with Gasteiger partial charge in [-0.05, 0) is 99.4 Å². The second kappa shape index (κ2) is 12.7. The Labute approximate surface area is 344 Å². The Kier molecular flexibility index (Phi) is 6.98. The van der Waals surface area contributed by atoms with Crippen LogP contribution in [0.25, 0.3) is 104 Å². The molecule has 0 bridgehead atoms. The van der Waals surface area contributed by atoms with Crippen LogP contribution in [0.2, 0.25) is 0 Å². The van der Waals surface area contributed by atoms with E-state index in [1.54, 1.807) is 0 Å². The highest BCUT2D eigenvalue weighted by atomic mass is 16.3. The number of para-hydroxylation sites is 3. The maximum absolute atomic E-state index is 7.00. The number of rotatable bonds is 5. The van der Waals surface area contributed by atoms with Gasteiger partial charge in [0, 0.05) is 49.8 Å². The number of hydrogen-bond donors (Lipinski definition) is 0. The van der Waals surface area contributed by atoms with Crippen LogP contribution in [-0.2, 0) is 0 Å². The predicted molar refractivity (Wildman–Crippen MR) is 250 cm³/mol. The van der Waals surface area contributed by atoms with Crippen molar-refractivity contribution in [1.82, 2.24) is 4.57 Å². The Hall–Kier alpha value is -8.08. The Bertz CT molecular complexity index is 3830. The molecule has 10 aromatic carbocycles. The first-order valence-corrected chi connectivity index (χ1v) is 20.4. The Balaban J connectivity index is 1.03. The van der Waals surface area contributed by atoms with Gasteiger partial charge in [-0.3, -0.25) is 0 Å². The maximum Gasteiger partial charge on any atom is 0.160 e. The van der Waals surface area contributed by atoms with Crippen molar-refractivity contribution in [3.63, 3.8) is 0 Å². The van der Waals surface area contributed by atoms with Crippen molar-refractivity contribution in [1.29, 1.82) is 0 Å². The van der Waals surface area contributed by atoms with E-state index in [4.69, 9.17) is 8.83 Å². The molecule has 0 N–H and O–H groups in total. The van der Waals surface area contributed by atoms with Crippen molar-refractivity contribution in [2.24, 2.45) is 0 Å². The Morgan fingerprint density at radius 1 is 0.350 bits per heavy atom. The summed E-state index contributed by atoms with van der Waals surface area (Å²) in [5, 5.41) is 11.6. The van der Waals surface area contributed by atoms with Crippen molar-refractivity contribution >= 4 is 104 Å². The predicted octanol–water partition coefficient (Wildman–Crippen LogP) is 16.0. The van der Waals surface area contributed by atoms with Crippen LogP contribution in [0.1, 0.15) is 0 Å². The van der Waals surface area contributed by atoms with E-state index in [1.165, 1.54) is 32.6 Å². The zero-order valence-corrected chi connectivity index (χ0v) is 32.3. The van der Waals surface area contributed by atoms with Gasteiger partial charge >= 0.3 is 0 Å². The number of fused-ring (bicyclic) bond motifs is 13. The first kappa shape index (κ1) is 32.9. The molecule has 3 heterocycles. The lowest BCUT2D eigenvalue weighted by atomic mass is 9.98. The minimum atomic E-state index is 0.838. The Morgan fingerprint density at radius 3 is 1.83 bits per heavy atom. The van der Waals surface area contributed by atoms with E-state index in [1.807, 2.05) is 12.1 Å². The molecule has 0 fully saturated rings. The molecule has 0 spiro atoms. The highest BCUT2D eigenvalue weighted by molar-refractivity contribution is 6.29. The molecule has 3 aromatic heterocycles. The molecule has 13 aromatic rings. The van der Waals surface area contributed by atoms with Gasteiger partial charge in [-0.15, -0.1) is 0 Å². The van der Waals surface area contributed by atoms with Gasteiger partial charge in [0.15, 0.2) is 5.58 Å². The van der Waals surface area contributed by atoms with Gasteiger partial charge in [0.1, 0.15) is 16.7 Å². The highest BCUT2D eigenvalue weighted by Gasteiger charge is 2.24. The van der Waals surface area contributed by atoms with Crippen molar-refractivity contribution in [3.8, 4) is 16.8 Å². The summed E-state index contributed by atoms with van der Waals surface area (Å²) in [5.74, 6) is 0. The Morgan fingerprint density at radius 2 is 0.983 bits per heavy atom. The van der Waals surface area contributed by atoms with Gasteiger partial charge in [-0.1, -0.05) is 133 Å². The fraction of sp³-hybridized carbons (Fsp3) is 0. The fourth-order valence-corrected chi connectivity index (χ4v) is 9.63. The van der Waals surface area contributed by atoms with Crippen LogP contribution >= 0.6 is 0 Å². The number of furan rings is 2. The highest BCUT2D eigenvalue weighted by Crippen LogP contribution is 2.48. The quantitative estimate of drug-likeness (QED) is 0.175. The SMILES string of the molecule is c1ccc(-n2c3ccccc3c3ccc(-c4ccc(N(c5ccc6c(c5)oc5ccccc56)c5cc6ccccc6c6c5oc5ccc7ccccc7c56)cc4)cc32)cc1. The van der Waals surface area contributed by atoms with Gasteiger partial charge in [0.05, 0.1) is 22.4 Å². The van der Waals surface area contributed by atoms with Crippen molar-refractivity contribution in [2.45, 2.75) is 0 Å². The van der Waals surface area contributed by atoms with E-state index in [9.17, 15) is 0 Å². The number of nitrogens with zero attached hydrogens (tertiary/aromatic N) is 2. The second-order valence-corrected chi connectivity index (χ2v) is 15.7. The molecule has 0 aliphatic heterocycles. The van der Waals surface area contributed by atoms with Crippen molar-refractivity contribution in [3.05, 3.63) is 206 Å². The summed E-state index contributed by atoms with van der Waals surface area (Å²) in [7, 11) is 0. The topological polar surface area (TPSA) is 34.5 Å². The van der Waals surface area contributed by atoms with Gasteiger partial charge in [0.2, 0.25) is 0 Å². The van der Waals surface area contributed by atoms with Crippen LogP contribution in [0.4, 0.5) is 17.1 Å². The molecule has 0 saturated carbocycles. The summed E-state index contributed by atoms with van der Waals surface area (Å²) in [5.41, 5.74) is 12.2. The maximum atomic E-state index is 7.00. The van der Waals surface area contributed by atoms with Gasteiger partial charge < -0.3 is 18.3 Å². The van der Waals surface area contributed by atoms with Crippen LogP contribution in [0, 0.1) is 0 Å². The first-order chi connectivity index (χ1) is 29.7. The lowest BCUT2D eigenvalue weighted by Crippen LogP contribution is -2.10. The minimum Gasteiger partial charge on any atom is -0.456 e. The summed E-state index contributed by atoms with van der Waals surface area (Å²) >= 11 is 0. The molecule has 0 radical (unpaired) electrons. The summed E-state index contributed by atoms with van der Waals surface area (Å²) in [6.45, 7) is 0. The van der Waals surface area contributed by atoms with E-state index in [0.29, 0.717) is 0 Å². The molecule has 0 unspecified atom stereocenters. The molecule has 4 heteroatoms. The average Bonchev–Trinajstić information content (AvgIpc) is 3.99. The van der Waals surface area contributed by atoms with E-state index in [2.05, 4.69) is 204 Å². The largest absolute Gasteiger partial charge is 0.456 e. The summed E-state index contributed by atoms with van der Waals surface area (Å²) in [6, 6.07) is 73.7. The lowest BCUT2D eigenvalue weighted by Gasteiger charge is -2.26. The van der Waals surface area contributed by atoms with Crippen molar-refractivity contribution in [2.75, 3.05) is 4.90 Å². The van der Waals surface area contributed by atoms with E-state index in [0.717, 1.165) is 88.5 Å². The zero-order chi connectivity index (χ0) is 39.3. The number of anilines is 3. The molecular formula is C56H34N2O2. The van der Waals surface area contributed by atoms with E-state index < -0.39 is 0 Å². The van der Waals surface area contributed by atoms with Gasteiger partial charge in [-0.2, -0.15) is 0 Å². The van der Waals surface area contributed by atoms with Gasteiger partial charge in [-0.25, -0.2) is 0 Å².